The lowest BCUT2D eigenvalue weighted by atomic mass is 10.2. The van der Waals surface area contributed by atoms with Crippen LogP contribution in [0.5, 0.6) is 11.5 Å². The van der Waals surface area contributed by atoms with Crippen molar-refractivity contribution in [2.24, 2.45) is 0 Å². The summed E-state index contributed by atoms with van der Waals surface area (Å²) in [5.74, 6) is -0.376. The predicted octanol–water partition coefficient (Wildman–Crippen LogP) is 1.86. The average molecular weight is 372 g/mol. The van der Waals surface area contributed by atoms with E-state index in [-0.39, 0.29) is 6.54 Å². The quantitative estimate of drug-likeness (QED) is 0.719. The lowest BCUT2D eigenvalue weighted by Gasteiger charge is -2.10. The zero-order chi connectivity index (χ0) is 19.8. The number of carbonyl (C=O) groups is 3. The molecule has 2 N–H and O–H groups in total. The molecule has 0 spiro atoms. The predicted molar refractivity (Wildman–Crippen MR) is 98.3 cm³/mol. The van der Waals surface area contributed by atoms with E-state index in [1.165, 1.54) is 39.5 Å². The Hall–Kier alpha value is -3.55. The van der Waals surface area contributed by atoms with E-state index in [1.807, 2.05) is 0 Å². The van der Waals surface area contributed by atoms with E-state index in [9.17, 15) is 14.4 Å². The maximum absolute atomic E-state index is 12.2. The highest BCUT2D eigenvalue weighted by atomic mass is 16.5. The molecule has 0 atom stereocenters. The standard InChI is InChI=1S/C19H20N2O6/c1-25-15-9-6-13(10-16(15)26-2)18(23)20-11-17(22)21-14-7-4-12(5-8-14)19(24)27-3/h4-10H,11H2,1-3H3,(H,20,23)(H,21,22). The second-order valence-corrected chi connectivity index (χ2v) is 5.37. The van der Waals surface area contributed by atoms with Crippen molar-refractivity contribution in [3.05, 3.63) is 53.6 Å². The SMILES string of the molecule is COC(=O)c1ccc(NC(=O)CNC(=O)c2ccc(OC)c(OC)c2)cc1. The summed E-state index contributed by atoms with van der Waals surface area (Å²) >= 11 is 0. The number of esters is 1. The Balaban J connectivity index is 1.91. The summed E-state index contributed by atoms with van der Waals surface area (Å²) < 4.78 is 14.9. The first-order chi connectivity index (χ1) is 13.0. The van der Waals surface area contributed by atoms with E-state index in [1.54, 1.807) is 24.3 Å². The molecule has 0 aliphatic heterocycles. The normalized spacial score (nSPS) is 9.89. The maximum Gasteiger partial charge on any atom is 0.337 e. The Morgan fingerprint density at radius 3 is 2.07 bits per heavy atom. The van der Waals surface area contributed by atoms with Crippen LogP contribution in [0.25, 0.3) is 0 Å². The lowest BCUT2D eigenvalue weighted by molar-refractivity contribution is -0.115. The van der Waals surface area contributed by atoms with Crippen molar-refractivity contribution in [3.8, 4) is 11.5 Å². The number of anilines is 1. The average Bonchev–Trinajstić information content (AvgIpc) is 2.71. The number of hydrogen-bond donors (Lipinski definition) is 2. The third-order valence-corrected chi connectivity index (χ3v) is 3.64. The fourth-order valence-corrected chi connectivity index (χ4v) is 2.25. The Bertz CT molecular complexity index is 833. The summed E-state index contributed by atoms with van der Waals surface area (Å²) in [6.07, 6.45) is 0. The van der Waals surface area contributed by atoms with Crippen LogP contribution in [0.1, 0.15) is 20.7 Å². The molecule has 0 saturated heterocycles. The highest BCUT2D eigenvalue weighted by Crippen LogP contribution is 2.27. The van der Waals surface area contributed by atoms with Gasteiger partial charge >= 0.3 is 5.97 Å². The molecule has 142 valence electrons. The van der Waals surface area contributed by atoms with Gasteiger partial charge in [0.05, 0.1) is 33.4 Å². The van der Waals surface area contributed by atoms with Crippen LogP contribution < -0.4 is 20.1 Å². The van der Waals surface area contributed by atoms with Crippen molar-refractivity contribution in [1.29, 1.82) is 0 Å². The molecule has 0 aliphatic rings. The van der Waals surface area contributed by atoms with Gasteiger partial charge in [0.15, 0.2) is 11.5 Å². The molecule has 27 heavy (non-hydrogen) atoms. The molecule has 2 rings (SSSR count). The van der Waals surface area contributed by atoms with Gasteiger partial charge in [-0.3, -0.25) is 9.59 Å². The Morgan fingerprint density at radius 2 is 1.48 bits per heavy atom. The van der Waals surface area contributed by atoms with Crippen LogP contribution in [0.4, 0.5) is 5.69 Å². The van der Waals surface area contributed by atoms with Crippen LogP contribution in [0.15, 0.2) is 42.5 Å². The van der Waals surface area contributed by atoms with E-state index in [2.05, 4.69) is 15.4 Å². The van der Waals surface area contributed by atoms with Crippen LogP contribution in [0.2, 0.25) is 0 Å². The molecule has 2 amide bonds. The van der Waals surface area contributed by atoms with E-state index in [0.29, 0.717) is 28.3 Å². The molecule has 0 bridgehead atoms. The van der Waals surface area contributed by atoms with E-state index in [4.69, 9.17) is 9.47 Å². The van der Waals surface area contributed by atoms with Gasteiger partial charge in [0.2, 0.25) is 5.91 Å². The molecule has 8 nitrogen and oxygen atoms in total. The third-order valence-electron chi connectivity index (χ3n) is 3.64. The summed E-state index contributed by atoms with van der Waals surface area (Å²) in [5, 5.41) is 5.15. The van der Waals surface area contributed by atoms with Crippen molar-refractivity contribution < 1.29 is 28.6 Å². The Labute approximate surface area is 156 Å². The van der Waals surface area contributed by atoms with Crippen LogP contribution in [-0.4, -0.2) is 45.7 Å². The summed E-state index contributed by atoms with van der Waals surface area (Å²) in [6, 6.07) is 10.9. The largest absolute Gasteiger partial charge is 0.493 e. The smallest absolute Gasteiger partial charge is 0.337 e. The summed E-state index contributed by atoms with van der Waals surface area (Å²) in [7, 11) is 4.26. The topological polar surface area (TPSA) is 103 Å². The number of hydrogen-bond acceptors (Lipinski definition) is 6. The van der Waals surface area contributed by atoms with Crippen molar-refractivity contribution in [1.82, 2.24) is 5.32 Å². The van der Waals surface area contributed by atoms with Crippen LogP contribution >= 0.6 is 0 Å². The number of nitrogens with one attached hydrogen (secondary N) is 2. The fourth-order valence-electron chi connectivity index (χ4n) is 2.25. The van der Waals surface area contributed by atoms with Gasteiger partial charge < -0.3 is 24.8 Å². The molecule has 0 fully saturated rings. The number of benzene rings is 2. The number of rotatable bonds is 7. The number of amides is 2. The summed E-state index contributed by atoms with van der Waals surface area (Å²) in [4.78, 5) is 35.5. The molecule has 0 aromatic heterocycles. The van der Waals surface area contributed by atoms with Crippen LogP contribution in [0.3, 0.4) is 0 Å². The zero-order valence-electron chi connectivity index (χ0n) is 15.2. The van der Waals surface area contributed by atoms with Gasteiger partial charge in [0.25, 0.3) is 5.91 Å². The van der Waals surface area contributed by atoms with E-state index < -0.39 is 17.8 Å². The third kappa shape index (κ3) is 5.21. The molecule has 2 aromatic carbocycles. The molecule has 0 aliphatic carbocycles. The highest BCUT2D eigenvalue weighted by Gasteiger charge is 2.12. The molecule has 0 heterocycles. The second kappa shape index (κ2) is 9.23. The minimum Gasteiger partial charge on any atom is -0.493 e. The zero-order valence-corrected chi connectivity index (χ0v) is 15.2. The summed E-state index contributed by atoms with van der Waals surface area (Å²) in [5.41, 5.74) is 1.20. The molecule has 2 aromatic rings. The molecule has 0 radical (unpaired) electrons. The Kier molecular flexibility index (Phi) is 6.76. The van der Waals surface area contributed by atoms with Gasteiger partial charge in [-0.1, -0.05) is 0 Å². The minimum absolute atomic E-state index is 0.216. The van der Waals surface area contributed by atoms with E-state index >= 15 is 0 Å². The second-order valence-electron chi connectivity index (χ2n) is 5.37. The van der Waals surface area contributed by atoms with Gasteiger partial charge in [-0.15, -0.1) is 0 Å². The van der Waals surface area contributed by atoms with Gasteiger partial charge in [-0.25, -0.2) is 4.79 Å². The first-order valence-corrected chi connectivity index (χ1v) is 7.97. The van der Waals surface area contributed by atoms with Crippen molar-refractivity contribution in [2.75, 3.05) is 33.2 Å². The first kappa shape index (κ1) is 19.8. The van der Waals surface area contributed by atoms with Gasteiger partial charge in [0, 0.05) is 11.3 Å². The maximum atomic E-state index is 12.2. The molecular weight excluding hydrogens is 352 g/mol. The number of methoxy groups -OCH3 is 3. The van der Waals surface area contributed by atoms with Gasteiger partial charge in [-0.2, -0.15) is 0 Å². The molecule has 8 heteroatoms. The van der Waals surface area contributed by atoms with Crippen LogP contribution in [0, 0.1) is 0 Å². The van der Waals surface area contributed by atoms with Crippen molar-refractivity contribution >= 4 is 23.5 Å². The summed E-state index contributed by atoms with van der Waals surface area (Å²) in [6.45, 7) is -0.216. The number of carbonyl (C=O) groups excluding carboxylic acids is 3. The van der Waals surface area contributed by atoms with E-state index in [0.717, 1.165) is 0 Å². The first-order valence-electron chi connectivity index (χ1n) is 7.97. The van der Waals surface area contributed by atoms with Crippen molar-refractivity contribution in [2.45, 2.75) is 0 Å². The number of ether oxygens (including phenoxy) is 3. The molecular formula is C19H20N2O6. The van der Waals surface area contributed by atoms with Gasteiger partial charge in [0.1, 0.15) is 0 Å². The van der Waals surface area contributed by atoms with Gasteiger partial charge in [-0.05, 0) is 42.5 Å². The monoisotopic (exact) mass is 372 g/mol. The van der Waals surface area contributed by atoms with Crippen LogP contribution in [-0.2, 0) is 9.53 Å². The van der Waals surface area contributed by atoms with Crippen molar-refractivity contribution in [3.63, 3.8) is 0 Å². The highest BCUT2D eigenvalue weighted by molar-refractivity contribution is 6.00. The Morgan fingerprint density at radius 1 is 0.852 bits per heavy atom. The minimum atomic E-state index is -0.463. The molecule has 0 saturated carbocycles. The lowest BCUT2D eigenvalue weighted by Crippen LogP contribution is -2.32. The molecule has 0 unspecified atom stereocenters. The fraction of sp³-hybridized carbons (Fsp3) is 0.211.